The molecule has 0 unspecified atom stereocenters. The van der Waals surface area contributed by atoms with Gasteiger partial charge in [-0.3, -0.25) is 29.0 Å². The lowest BCUT2D eigenvalue weighted by molar-refractivity contribution is -0.149. The Kier molecular flexibility index (Phi) is 21.9. The van der Waals surface area contributed by atoms with Gasteiger partial charge < -0.3 is 52.8 Å². The first-order valence-electron chi connectivity index (χ1n) is 22.7. The molecule has 0 radical (unpaired) electrons. The van der Waals surface area contributed by atoms with E-state index in [-0.39, 0.29) is 76.3 Å². The number of carbonyl (C=O) groups excluding carboxylic acids is 7. The number of guanidine groups is 1. The Morgan fingerprint density at radius 3 is 2.01 bits per heavy atom. The van der Waals surface area contributed by atoms with Crippen molar-refractivity contribution in [3.8, 4) is 0 Å². The van der Waals surface area contributed by atoms with Crippen LogP contribution in [0.25, 0.3) is 0 Å². The molecule has 374 valence electrons. The maximum Gasteiger partial charge on any atom is 0.407 e. The topological polar surface area (TPSA) is 326 Å². The largest absolute Gasteiger partial charge is 0.459 e. The molecule has 0 aliphatic carbocycles. The molecule has 1 fully saturated rings. The Morgan fingerprint density at radius 1 is 0.768 bits per heavy atom. The predicted molar refractivity (Wildman–Crippen MR) is 255 cm³/mol. The van der Waals surface area contributed by atoms with Gasteiger partial charge in [-0.15, -0.1) is 0 Å². The molecule has 1 heterocycles. The zero-order valence-corrected chi connectivity index (χ0v) is 39.7. The molecule has 3 aromatic carbocycles. The van der Waals surface area contributed by atoms with Crippen LogP contribution in [0.15, 0.2) is 94.8 Å². The summed E-state index contributed by atoms with van der Waals surface area (Å²) in [5, 5.41) is 10.6. The first-order valence-corrected chi connectivity index (χ1v) is 24.2. The second-order valence-electron chi connectivity index (χ2n) is 16.6. The number of ether oxygens (including phenoxy) is 2. The van der Waals surface area contributed by atoms with Crippen LogP contribution in [0.5, 0.6) is 0 Å². The van der Waals surface area contributed by atoms with Gasteiger partial charge in [0.25, 0.3) is 10.0 Å². The van der Waals surface area contributed by atoms with Crippen molar-refractivity contribution >= 4 is 57.6 Å². The van der Waals surface area contributed by atoms with Crippen LogP contribution in [-0.2, 0) is 61.5 Å². The summed E-state index contributed by atoms with van der Waals surface area (Å²) in [6.45, 7) is 3.61. The number of carbonyl (C=O) groups is 7. The monoisotopic (exact) mass is 976 g/mol. The van der Waals surface area contributed by atoms with E-state index in [0.717, 1.165) is 16.7 Å². The SMILES string of the molecule is Cc1ccc(S(=O)(=O)NC(N)=NCCC[C@H](NC(=O)[C@@H](N)CCC(N)=O)C(=O)N2CCC[C@H]2C(=O)N[C@@H](C)C(=O)N[C@@H](CCCCNC(=O)OCc2ccccc2)C(=O)OCc2ccccc2)cc1. The number of amides is 6. The van der Waals surface area contributed by atoms with Gasteiger partial charge in [0.2, 0.25) is 35.5 Å². The number of nitrogens with one attached hydrogen (secondary N) is 5. The molecule has 1 aliphatic rings. The Labute approximate surface area is 402 Å². The summed E-state index contributed by atoms with van der Waals surface area (Å²) in [6, 6.07) is 18.5. The number of alkyl carbamates (subject to hydrolysis) is 1. The fraction of sp³-hybridized carbons (Fsp3) is 0.447. The summed E-state index contributed by atoms with van der Waals surface area (Å²) >= 11 is 0. The Balaban J connectivity index is 1.36. The molecular formula is C47H64N10O11S. The number of aryl methyl sites for hydroxylation is 1. The van der Waals surface area contributed by atoms with Gasteiger partial charge in [0.15, 0.2) is 0 Å². The first kappa shape index (κ1) is 54.5. The number of primary amides is 1. The van der Waals surface area contributed by atoms with Crippen molar-refractivity contribution in [2.24, 2.45) is 22.2 Å². The lowest BCUT2D eigenvalue weighted by Gasteiger charge is -2.30. The van der Waals surface area contributed by atoms with E-state index in [1.807, 2.05) is 43.3 Å². The van der Waals surface area contributed by atoms with E-state index in [0.29, 0.717) is 19.3 Å². The molecule has 22 heteroatoms. The smallest absolute Gasteiger partial charge is 0.407 e. The van der Waals surface area contributed by atoms with Crippen molar-refractivity contribution in [3.05, 3.63) is 102 Å². The number of benzene rings is 3. The van der Waals surface area contributed by atoms with Crippen molar-refractivity contribution in [2.75, 3.05) is 19.6 Å². The van der Waals surface area contributed by atoms with Crippen molar-refractivity contribution in [2.45, 2.75) is 120 Å². The van der Waals surface area contributed by atoms with Gasteiger partial charge in [-0.25, -0.2) is 22.7 Å². The molecule has 0 saturated carbocycles. The van der Waals surface area contributed by atoms with E-state index >= 15 is 0 Å². The molecule has 3 aromatic rings. The number of nitrogens with zero attached hydrogens (tertiary/aromatic N) is 2. The number of esters is 1. The second-order valence-corrected chi connectivity index (χ2v) is 18.2. The average molecular weight is 977 g/mol. The summed E-state index contributed by atoms with van der Waals surface area (Å²) in [4.78, 5) is 97.0. The van der Waals surface area contributed by atoms with E-state index in [1.54, 1.807) is 36.4 Å². The number of sulfonamides is 1. The predicted octanol–water partition coefficient (Wildman–Crippen LogP) is 1.27. The number of aliphatic imine (C=N–C) groups is 1. The molecule has 4 rings (SSSR count). The highest BCUT2D eigenvalue weighted by atomic mass is 32.2. The number of unbranched alkanes of at least 4 members (excludes halogenated alkanes) is 1. The molecule has 11 N–H and O–H groups in total. The van der Waals surface area contributed by atoms with Crippen LogP contribution >= 0.6 is 0 Å². The lowest BCUT2D eigenvalue weighted by Crippen LogP contribution is -2.57. The summed E-state index contributed by atoms with van der Waals surface area (Å²) < 4.78 is 38.5. The van der Waals surface area contributed by atoms with E-state index in [1.165, 1.54) is 24.0 Å². The minimum Gasteiger partial charge on any atom is -0.459 e. The molecule has 0 bridgehead atoms. The number of likely N-dealkylation sites (tertiary alicyclic amines) is 1. The highest BCUT2D eigenvalue weighted by molar-refractivity contribution is 7.90. The highest BCUT2D eigenvalue weighted by Gasteiger charge is 2.39. The molecule has 6 amide bonds. The third kappa shape index (κ3) is 18.9. The van der Waals surface area contributed by atoms with Gasteiger partial charge in [-0.05, 0) is 88.5 Å². The summed E-state index contributed by atoms with van der Waals surface area (Å²) in [5.41, 5.74) is 19.5. The van der Waals surface area contributed by atoms with Crippen LogP contribution in [0, 0.1) is 6.92 Å². The molecule has 0 aromatic heterocycles. The highest BCUT2D eigenvalue weighted by Crippen LogP contribution is 2.21. The average Bonchev–Trinajstić information content (AvgIpc) is 3.83. The first-order chi connectivity index (χ1) is 32.9. The molecule has 1 aliphatic heterocycles. The fourth-order valence-electron chi connectivity index (χ4n) is 7.10. The third-order valence-corrected chi connectivity index (χ3v) is 12.3. The summed E-state index contributed by atoms with van der Waals surface area (Å²) in [7, 11) is -4.03. The molecule has 0 spiro atoms. The minimum absolute atomic E-state index is 0.0213. The van der Waals surface area contributed by atoms with Crippen LogP contribution in [0.3, 0.4) is 0 Å². The number of nitrogens with two attached hydrogens (primary N) is 3. The molecule has 21 nitrogen and oxygen atoms in total. The van der Waals surface area contributed by atoms with Crippen LogP contribution in [0.4, 0.5) is 4.79 Å². The van der Waals surface area contributed by atoms with Crippen molar-refractivity contribution in [1.82, 2.24) is 30.9 Å². The minimum atomic E-state index is -4.03. The Bertz CT molecular complexity index is 2340. The number of rotatable bonds is 26. The van der Waals surface area contributed by atoms with Gasteiger partial charge in [0, 0.05) is 26.1 Å². The standard InChI is InChI=1S/C47H64N10O11S/c1-31-20-22-35(23-21-31)69(65,66)56-46(50)51-27-11-18-37(54-42(60)36(48)24-25-40(49)58)44(62)57-28-12-19-39(57)43(61)53-32(2)41(59)55-38(45(63)67-29-33-13-5-3-6-14-33)17-9-10-26-52-47(64)68-30-34-15-7-4-8-16-34/h3-8,13-16,20-23,32,36-39H,9-12,17-19,24-30,48H2,1-2H3,(H2,49,58)(H,52,64)(H,53,61)(H,54,60)(H,55,59)(H3,50,51,56)/t32-,36-,37-,38-,39-/m0/s1. The van der Waals surface area contributed by atoms with E-state index < -0.39 is 87.8 Å². The van der Waals surface area contributed by atoms with Crippen molar-refractivity contribution in [3.63, 3.8) is 0 Å². The summed E-state index contributed by atoms with van der Waals surface area (Å²) in [6.07, 6.45) is 0.840. The number of hydrogen-bond acceptors (Lipinski definition) is 13. The van der Waals surface area contributed by atoms with E-state index in [2.05, 4.69) is 31.0 Å². The zero-order chi connectivity index (χ0) is 50.3. The zero-order valence-electron chi connectivity index (χ0n) is 38.9. The van der Waals surface area contributed by atoms with Crippen LogP contribution in [0.2, 0.25) is 0 Å². The molecule has 5 atom stereocenters. The Morgan fingerprint density at radius 2 is 1.38 bits per heavy atom. The fourth-order valence-corrected chi connectivity index (χ4v) is 8.05. The maximum atomic E-state index is 14.2. The van der Waals surface area contributed by atoms with Crippen LogP contribution in [-0.4, -0.2) is 111 Å². The van der Waals surface area contributed by atoms with Crippen LogP contribution in [0.1, 0.15) is 81.4 Å². The lowest BCUT2D eigenvalue weighted by atomic mass is 10.1. The molecular weight excluding hydrogens is 913 g/mol. The van der Waals surface area contributed by atoms with Gasteiger partial charge in [-0.1, -0.05) is 78.4 Å². The summed E-state index contributed by atoms with van der Waals surface area (Å²) in [5.74, 6) is -4.49. The van der Waals surface area contributed by atoms with Crippen molar-refractivity contribution < 1.29 is 51.5 Å². The second kappa shape index (κ2) is 27.7. The Hall–Kier alpha value is -7.07. The van der Waals surface area contributed by atoms with Crippen molar-refractivity contribution in [1.29, 1.82) is 0 Å². The van der Waals surface area contributed by atoms with Gasteiger partial charge in [-0.2, -0.15) is 0 Å². The molecule has 69 heavy (non-hydrogen) atoms. The van der Waals surface area contributed by atoms with Crippen LogP contribution < -0.4 is 43.2 Å². The van der Waals surface area contributed by atoms with Gasteiger partial charge in [0.1, 0.15) is 37.4 Å². The van der Waals surface area contributed by atoms with Gasteiger partial charge >= 0.3 is 12.1 Å². The molecule has 1 saturated heterocycles. The van der Waals surface area contributed by atoms with Gasteiger partial charge in [0.05, 0.1) is 10.9 Å². The quantitative estimate of drug-likeness (QED) is 0.0244. The normalized spacial score (nSPS) is 15.4. The van der Waals surface area contributed by atoms with E-state index in [9.17, 15) is 42.0 Å². The van der Waals surface area contributed by atoms with E-state index in [4.69, 9.17) is 26.7 Å². The maximum absolute atomic E-state index is 14.2. The number of hydrogen-bond donors (Lipinski definition) is 8. The third-order valence-electron chi connectivity index (χ3n) is 11.0.